The van der Waals surface area contributed by atoms with Crippen LogP contribution in [0.15, 0.2) is 18.2 Å². The van der Waals surface area contributed by atoms with Gasteiger partial charge in [0, 0.05) is 35.2 Å². The predicted octanol–water partition coefficient (Wildman–Crippen LogP) is 4.83. The first-order valence-corrected chi connectivity index (χ1v) is 10.3. The van der Waals surface area contributed by atoms with E-state index in [0.29, 0.717) is 28.8 Å². The van der Waals surface area contributed by atoms with Gasteiger partial charge >= 0.3 is 6.03 Å². The van der Waals surface area contributed by atoms with Crippen LogP contribution in [-0.4, -0.2) is 27.3 Å². The summed E-state index contributed by atoms with van der Waals surface area (Å²) in [5.74, 6) is 1.78. The molecular weight excluding hydrogens is 385 g/mol. The molecule has 0 atom stereocenters. The smallest absolute Gasteiger partial charge is 0.322 e. The lowest BCUT2D eigenvalue weighted by Gasteiger charge is -2.23. The van der Waals surface area contributed by atoms with Gasteiger partial charge in [0.25, 0.3) is 0 Å². The summed E-state index contributed by atoms with van der Waals surface area (Å²) in [6.07, 6.45) is 6.29. The number of rotatable bonds is 6. The molecule has 1 N–H and O–H groups in total. The summed E-state index contributed by atoms with van der Waals surface area (Å²) >= 11 is 12.3. The van der Waals surface area contributed by atoms with E-state index in [1.54, 1.807) is 23.1 Å². The molecule has 2 aromatic rings. The molecule has 1 aliphatic heterocycles. The molecule has 0 saturated carbocycles. The number of fused-ring (bicyclic) bond motifs is 1. The number of hydrogen-bond acceptors (Lipinski definition) is 3. The van der Waals surface area contributed by atoms with E-state index in [1.807, 2.05) is 0 Å². The van der Waals surface area contributed by atoms with Crippen LogP contribution in [0.5, 0.6) is 0 Å². The van der Waals surface area contributed by atoms with Crippen molar-refractivity contribution < 1.29 is 4.79 Å². The third-order valence-electron chi connectivity index (χ3n) is 4.70. The maximum absolute atomic E-state index is 12.9. The Balaban J connectivity index is 1.88. The number of hydrogen-bond donors (Lipinski definition) is 1. The lowest BCUT2D eigenvalue weighted by atomic mass is 10.2. The number of nitrogens with one attached hydrogen (secondary N) is 1. The van der Waals surface area contributed by atoms with Gasteiger partial charge in [0.1, 0.15) is 5.82 Å². The molecule has 146 valence electrons. The fourth-order valence-electron chi connectivity index (χ4n) is 3.25. The van der Waals surface area contributed by atoms with Crippen LogP contribution in [-0.2, 0) is 19.5 Å². The van der Waals surface area contributed by atoms with Crippen LogP contribution in [0.4, 0.5) is 10.5 Å². The zero-order valence-electron chi connectivity index (χ0n) is 15.5. The Labute approximate surface area is 169 Å². The number of anilines is 1. The first-order chi connectivity index (χ1) is 13.1. The van der Waals surface area contributed by atoms with E-state index in [-0.39, 0.29) is 6.03 Å². The maximum atomic E-state index is 12.9. The zero-order valence-corrected chi connectivity index (χ0v) is 17.1. The van der Waals surface area contributed by atoms with Crippen molar-refractivity contribution in [2.75, 3.05) is 11.4 Å². The van der Waals surface area contributed by atoms with Gasteiger partial charge < -0.3 is 9.88 Å². The fourth-order valence-corrected chi connectivity index (χ4v) is 3.76. The quantitative estimate of drug-likeness (QED) is 0.694. The summed E-state index contributed by atoms with van der Waals surface area (Å²) in [6.45, 7) is 3.92. The number of carbonyl (C=O) groups is 1. The molecule has 1 aliphatic rings. The number of halogens is 2. The second-order valence-electron chi connectivity index (χ2n) is 6.79. The van der Waals surface area contributed by atoms with Crippen molar-refractivity contribution in [2.24, 2.45) is 0 Å². The van der Waals surface area contributed by atoms with Crippen molar-refractivity contribution in [2.45, 2.75) is 58.5 Å². The molecule has 6 nitrogen and oxygen atoms in total. The third kappa shape index (κ3) is 5.14. The third-order valence-corrected chi connectivity index (χ3v) is 5.13. The standard InChI is InChI=1S/C19H25Cl2N5O/c1-2-3-8-22-19(27)26(16-11-14(20)10-15(21)12-16)13-18-24-23-17-7-5-4-6-9-25(17)18/h10-12H,2-9,13H2,1H3,(H,22,27). The second kappa shape index (κ2) is 9.42. The van der Waals surface area contributed by atoms with Crippen LogP contribution in [0.3, 0.4) is 0 Å². The minimum atomic E-state index is -0.187. The highest BCUT2D eigenvalue weighted by atomic mass is 35.5. The number of urea groups is 1. The summed E-state index contributed by atoms with van der Waals surface area (Å²) in [5, 5.41) is 12.6. The normalized spacial score (nSPS) is 13.7. The Kier molecular flexibility index (Phi) is 6.96. The van der Waals surface area contributed by atoms with E-state index in [2.05, 4.69) is 27.0 Å². The Morgan fingerprint density at radius 2 is 1.96 bits per heavy atom. The van der Waals surface area contributed by atoms with E-state index in [4.69, 9.17) is 23.2 Å². The van der Waals surface area contributed by atoms with E-state index >= 15 is 0 Å². The van der Waals surface area contributed by atoms with Crippen molar-refractivity contribution in [1.29, 1.82) is 0 Å². The summed E-state index contributed by atoms with van der Waals surface area (Å²) in [5.41, 5.74) is 0.646. The molecule has 27 heavy (non-hydrogen) atoms. The van der Waals surface area contributed by atoms with Crippen molar-refractivity contribution in [3.8, 4) is 0 Å². The van der Waals surface area contributed by atoms with E-state index in [0.717, 1.165) is 50.3 Å². The number of aryl methyl sites for hydroxylation is 1. The topological polar surface area (TPSA) is 63.1 Å². The Morgan fingerprint density at radius 1 is 1.19 bits per heavy atom. The highest BCUT2D eigenvalue weighted by Gasteiger charge is 2.22. The molecule has 0 bridgehead atoms. The highest BCUT2D eigenvalue weighted by molar-refractivity contribution is 6.35. The lowest BCUT2D eigenvalue weighted by Crippen LogP contribution is -2.40. The largest absolute Gasteiger partial charge is 0.338 e. The molecule has 8 heteroatoms. The van der Waals surface area contributed by atoms with Crippen molar-refractivity contribution >= 4 is 34.9 Å². The first-order valence-electron chi connectivity index (χ1n) is 9.51. The number of aromatic nitrogens is 3. The van der Waals surface area contributed by atoms with Crippen molar-refractivity contribution in [1.82, 2.24) is 20.1 Å². The highest BCUT2D eigenvalue weighted by Crippen LogP contribution is 2.27. The summed E-state index contributed by atoms with van der Waals surface area (Å²) < 4.78 is 2.14. The predicted molar refractivity (Wildman–Crippen MR) is 109 cm³/mol. The van der Waals surface area contributed by atoms with E-state index in [1.165, 1.54) is 6.42 Å². The average molecular weight is 410 g/mol. The van der Waals surface area contributed by atoms with Gasteiger partial charge in [-0.2, -0.15) is 0 Å². The van der Waals surface area contributed by atoms with Gasteiger partial charge in [-0.25, -0.2) is 4.79 Å². The van der Waals surface area contributed by atoms with Gasteiger partial charge in [-0.1, -0.05) is 43.0 Å². The van der Waals surface area contributed by atoms with Crippen LogP contribution in [0.2, 0.25) is 10.0 Å². The van der Waals surface area contributed by atoms with Crippen LogP contribution in [0, 0.1) is 0 Å². The van der Waals surface area contributed by atoms with Crippen LogP contribution >= 0.6 is 23.2 Å². The molecule has 3 rings (SSSR count). The average Bonchev–Trinajstić information content (AvgIpc) is 2.85. The molecule has 1 aromatic carbocycles. The zero-order chi connectivity index (χ0) is 19.2. The first kappa shape index (κ1) is 20.0. The molecule has 0 saturated heterocycles. The van der Waals surface area contributed by atoms with E-state index < -0.39 is 0 Å². The SMILES string of the molecule is CCCCNC(=O)N(Cc1nnc2n1CCCCC2)c1cc(Cl)cc(Cl)c1. The number of nitrogens with zero attached hydrogens (tertiary/aromatic N) is 4. The van der Waals surface area contributed by atoms with Crippen molar-refractivity contribution in [3.63, 3.8) is 0 Å². The van der Waals surface area contributed by atoms with Crippen LogP contribution < -0.4 is 10.2 Å². The monoisotopic (exact) mass is 409 g/mol. The molecule has 0 unspecified atom stereocenters. The maximum Gasteiger partial charge on any atom is 0.322 e. The lowest BCUT2D eigenvalue weighted by molar-refractivity contribution is 0.245. The number of carbonyl (C=O) groups excluding carboxylic acids is 1. The van der Waals surface area contributed by atoms with Gasteiger partial charge in [0.05, 0.1) is 6.54 Å². The second-order valence-corrected chi connectivity index (χ2v) is 7.67. The minimum absolute atomic E-state index is 0.187. The molecule has 2 heterocycles. The molecule has 0 radical (unpaired) electrons. The van der Waals surface area contributed by atoms with Crippen molar-refractivity contribution in [3.05, 3.63) is 39.9 Å². The molecule has 0 fully saturated rings. The number of amides is 2. The molecular formula is C19H25Cl2N5O. The van der Waals surface area contributed by atoms with Gasteiger partial charge in [0.15, 0.2) is 5.82 Å². The summed E-state index contributed by atoms with van der Waals surface area (Å²) in [6, 6.07) is 4.95. The number of unbranched alkanes of at least 4 members (excludes halogenated alkanes) is 1. The van der Waals surface area contributed by atoms with E-state index in [9.17, 15) is 4.79 Å². The van der Waals surface area contributed by atoms with Crippen LogP contribution in [0.1, 0.15) is 50.7 Å². The van der Waals surface area contributed by atoms with Crippen LogP contribution in [0.25, 0.3) is 0 Å². The Hall–Kier alpha value is -1.79. The Morgan fingerprint density at radius 3 is 2.70 bits per heavy atom. The van der Waals surface area contributed by atoms with Gasteiger partial charge in [-0.3, -0.25) is 4.90 Å². The molecule has 0 aliphatic carbocycles. The number of benzene rings is 1. The van der Waals surface area contributed by atoms with Gasteiger partial charge in [-0.15, -0.1) is 10.2 Å². The summed E-state index contributed by atoms with van der Waals surface area (Å²) in [4.78, 5) is 14.5. The molecule has 1 aromatic heterocycles. The van der Waals surface area contributed by atoms with Gasteiger partial charge in [-0.05, 0) is 37.5 Å². The van der Waals surface area contributed by atoms with Gasteiger partial charge in [0.2, 0.25) is 0 Å². The Bertz CT molecular complexity index is 772. The summed E-state index contributed by atoms with van der Waals surface area (Å²) in [7, 11) is 0. The fraction of sp³-hybridized carbons (Fsp3) is 0.526. The molecule has 2 amide bonds. The minimum Gasteiger partial charge on any atom is -0.338 e. The molecule has 0 spiro atoms.